The highest BCUT2D eigenvalue weighted by Crippen LogP contribution is 2.21. The Bertz CT molecular complexity index is 802. The maximum absolute atomic E-state index is 4.30. The van der Waals surface area contributed by atoms with Crippen molar-refractivity contribution in [2.24, 2.45) is 4.99 Å². The van der Waals surface area contributed by atoms with Crippen molar-refractivity contribution < 1.29 is 0 Å². The number of aromatic amines is 1. The third-order valence-electron chi connectivity index (χ3n) is 4.16. The van der Waals surface area contributed by atoms with Gasteiger partial charge >= 0.3 is 0 Å². The summed E-state index contributed by atoms with van der Waals surface area (Å²) >= 11 is 1.80. The second-order valence-corrected chi connectivity index (χ2v) is 6.81. The Morgan fingerprint density at radius 1 is 1.08 bits per heavy atom. The van der Waals surface area contributed by atoms with Gasteiger partial charge in [-0.25, -0.2) is 0 Å². The Kier molecular flexibility index (Phi) is 5.54. The Morgan fingerprint density at radius 3 is 2.62 bits per heavy atom. The highest BCUT2D eigenvalue weighted by molar-refractivity contribution is 7.09. The zero-order chi connectivity index (χ0) is 16.8. The second-order valence-electron chi connectivity index (χ2n) is 5.78. The van der Waals surface area contributed by atoms with Crippen LogP contribution in [0.2, 0.25) is 0 Å². The van der Waals surface area contributed by atoms with Gasteiger partial charge in [-0.2, -0.15) is 0 Å². The highest BCUT2D eigenvalue weighted by Gasteiger charge is 2.07. The van der Waals surface area contributed by atoms with Crippen LogP contribution in [-0.2, 0) is 12.8 Å². The van der Waals surface area contributed by atoms with Crippen molar-refractivity contribution in [1.82, 2.24) is 15.6 Å². The van der Waals surface area contributed by atoms with Crippen LogP contribution in [0.5, 0.6) is 0 Å². The minimum atomic E-state index is 0.862. The first-order valence-corrected chi connectivity index (χ1v) is 9.19. The summed E-state index contributed by atoms with van der Waals surface area (Å²) in [7, 11) is 1.82. The van der Waals surface area contributed by atoms with Gasteiger partial charge in [0.05, 0.1) is 0 Å². The fourth-order valence-electron chi connectivity index (χ4n) is 2.94. The van der Waals surface area contributed by atoms with Crippen molar-refractivity contribution in [2.75, 3.05) is 20.1 Å². The molecule has 3 aromatic rings. The van der Waals surface area contributed by atoms with E-state index in [-0.39, 0.29) is 0 Å². The summed E-state index contributed by atoms with van der Waals surface area (Å²) in [5, 5.41) is 10.2. The maximum Gasteiger partial charge on any atom is 0.190 e. The Morgan fingerprint density at radius 2 is 1.88 bits per heavy atom. The quantitative estimate of drug-likeness (QED) is 0.475. The van der Waals surface area contributed by atoms with Crippen LogP contribution in [0.25, 0.3) is 10.9 Å². The van der Waals surface area contributed by atoms with E-state index in [0.29, 0.717) is 0 Å². The summed E-state index contributed by atoms with van der Waals surface area (Å²) in [5.74, 6) is 0.865. The molecule has 0 fully saturated rings. The van der Waals surface area contributed by atoms with E-state index in [1.807, 2.05) is 7.05 Å². The van der Waals surface area contributed by atoms with Crippen LogP contribution in [-0.4, -0.2) is 31.1 Å². The Labute approximate surface area is 147 Å². The average molecular weight is 340 g/mol. The smallest absolute Gasteiger partial charge is 0.190 e. The Hall–Kier alpha value is -2.27. The molecule has 0 saturated heterocycles. The number of thiophene rings is 1. The van der Waals surface area contributed by atoms with Crippen LogP contribution in [0.3, 0.4) is 0 Å². The second kappa shape index (κ2) is 8.02. The topological polar surface area (TPSA) is 52.2 Å². The number of hydrogen-bond donors (Lipinski definition) is 3. The van der Waals surface area contributed by atoms with Crippen LogP contribution in [0.4, 0.5) is 0 Å². The molecule has 0 aliphatic rings. The number of para-hydroxylation sites is 1. The van der Waals surface area contributed by atoms with Crippen molar-refractivity contribution >= 4 is 28.2 Å². The molecule has 0 amide bonds. The van der Waals surface area contributed by atoms with Crippen LogP contribution in [0, 0.1) is 6.92 Å². The number of benzene rings is 1. The van der Waals surface area contributed by atoms with Gasteiger partial charge in [0.2, 0.25) is 0 Å². The van der Waals surface area contributed by atoms with Crippen molar-refractivity contribution in [1.29, 1.82) is 0 Å². The molecule has 0 atom stereocenters. The van der Waals surface area contributed by atoms with Gasteiger partial charge in [-0.3, -0.25) is 4.99 Å². The van der Waals surface area contributed by atoms with E-state index in [0.717, 1.165) is 31.9 Å². The van der Waals surface area contributed by atoms with Crippen LogP contribution in [0.1, 0.15) is 16.1 Å². The number of fused-ring (bicyclic) bond motifs is 1. The van der Waals surface area contributed by atoms with E-state index in [1.165, 1.54) is 27.0 Å². The monoisotopic (exact) mass is 340 g/mol. The predicted molar refractivity (Wildman–Crippen MR) is 104 cm³/mol. The normalized spacial score (nSPS) is 11.8. The molecular formula is C19H24N4S. The van der Waals surface area contributed by atoms with Gasteiger partial charge in [-0.05, 0) is 42.8 Å². The largest absolute Gasteiger partial charge is 0.358 e. The SMILES string of the molecule is CN=C(NCCc1cccs1)NCCc1c(C)[nH]c2ccccc12. The third kappa shape index (κ3) is 3.97. The average Bonchev–Trinajstić information content (AvgIpc) is 3.21. The van der Waals surface area contributed by atoms with Gasteiger partial charge in [0.1, 0.15) is 0 Å². The van der Waals surface area contributed by atoms with Gasteiger partial charge in [0, 0.05) is 41.6 Å². The molecule has 1 aromatic carbocycles. The van der Waals surface area contributed by atoms with Crippen LogP contribution < -0.4 is 10.6 Å². The summed E-state index contributed by atoms with van der Waals surface area (Å²) in [6.07, 6.45) is 2.00. The first-order chi connectivity index (χ1) is 11.8. The van der Waals surface area contributed by atoms with E-state index in [9.17, 15) is 0 Å². The molecule has 5 heteroatoms. The number of hydrogen-bond acceptors (Lipinski definition) is 2. The molecule has 0 aliphatic carbocycles. The molecule has 2 aromatic heterocycles. The summed E-state index contributed by atoms with van der Waals surface area (Å²) < 4.78 is 0. The van der Waals surface area contributed by atoms with E-state index in [1.54, 1.807) is 11.3 Å². The molecule has 0 bridgehead atoms. The molecule has 0 aliphatic heterocycles. The summed E-state index contributed by atoms with van der Waals surface area (Å²) in [5.41, 5.74) is 3.84. The third-order valence-corrected chi connectivity index (χ3v) is 5.10. The van der Waals surface area contributed by atoms with E-state index in [4.69, 9.17) is 0 Å². The van der Waals surface area contributed by atoms with E-state index < -0.39 is 0 Å². The number of nitrogens with one attached hydrogen (secondary N) is 3. The summed E-state index contributed by atoms with van der Waals surface area (Å²) in [6, 6.07) is 12.7. The van der Waals surface area contributed by atoms with Crippen molar-refractivity contribution in [3.63, 3.8) is 0 Å². The van der Waals surface area contributed by atoms with Gasteiger partial charge in [-0.1, -0.05) is 24.3 Å². The molecule has 126 valence electrons. The summed E-state index contributed by atoms with van der Waals surface area (Å²) in [6.45, 7) is 3.90. The highest BCUT2D eigenvalue weighted by atomic mass is 32.1. The van der Waals surface area contributed by atoms with Crippen molar-refractivity contribution in [3.05, 3.63) is 57.9 Å². The maximum atomic E-state index is 4.30. The number of aromatic nitrogens is 1. The minimum absolute atomic E-state index is 0.862. The molecule has 0 spiro atoms. The zero-order valence-electron chi connectivity index (χ0n) is 14.2. The van der Waals surface area contributed by atoms with E-state index in [2.05, 4.69) is 69.3 Å². The molecule has 2 heterocycles. The number of rotatable bonds is 6. The lowest BCUT2D eigenvalue weighted by Gasteiger charge is -2.11. The van der Waals surface area contributed by atoms with Crippen molar-refractivity contribution in [2.45, 2.75) is 19.8 Å². The zero-order valence-corrected chi connectivity index (χ0v) is 15.0. The van der Waals surface area contributed by atoms with Gasteiger partial charge < -0.3 is 15.6 Å². The molecule has 3 rings (SSSR count). The van der Waals surface area contributed by atoms with Gasteiger partial charge in [0.15, 0.2) is 5.96 Å². The van der Waals surface area contributed by atoms with E-state index >= 15 is 0 Å². The lowest BCUT2D eigenvalue weighted by molar-refractivity contribution is 0.787. The van der Waals surface area contributed by atoms with Crippen molar-refractivity contribution in [3.8, 4) is 0 Å². The number of aryl methyl sites for hydroxylation is 1. The molecule has 3 N–H and O–H groups in total. The molecule has 24 heavy (non-hydrogen) atoms. The lowest BCUT2D eigenvalue weighted by atomic mass is 10.1. The predicted octanol–water partition coefficient (Wildman–Crippen LogP) is 3.49. The molecule has 4 nitrogen and oxygen atoms in total. The van der Waals surface area contributed by atoms with Crippen LogP contribution >= 0.6 is 11.3 Å². The number of nitrogens with zero attached hydrogens (tertiary/aromatic N) is 1. The first-order valence-electron chi connectivity index (χ1n) is 8.31. The standard InChI is InChI=1S/C19H24N4S/c1-14-16(17-7-3-4-8-18(17)23-14)10-12-22-19(20-2)21-11-9-15-6-5-13-24-15/h3-8,13,23H,9-12H2,1-2H3,(H2,20,21,22). The summed E-state index contributed by atoms with van der Waals surface area (Å²) in [4.78, 5) is 9.15. The fraction of sp³-hybridized carbons (Fsp3) is 0.316. The van der Waals surface area contributed by atoms with Crippen LogP contribution in [0.15, 0.2) is 46.8 Å². The molecule has 0 saturated carbocycles. The first kappa shape index (κ1) is 16.6. The number of H-pyrrole nitrogens is 1. The molecular weight excluding hydrogens is 316 g/mol. The number of guanidine groups is 1. The molecule has 0 radical (unpaired) electrons. The lowest BCUT2D eigenvalue weighted by Crippen LogP contribution is -2.39. The number of aliphatic imine (C=N–C) groups is 1. The minimum Gasteiger partial charge on any atom is -0.358 e. The molecule has 0 unspecified atom stereocenters. The van der Waals surface area contributed by atoms with Gasteiger partial charge in [-0.15, -0.1) is 11.3 Å². The fourth-order valence-corrected chi connectivity index (χ4v) is 3.65. The Balaban J connectivity index is 1.49. The van der Waals surface area contributed by atoms with Gasteiger partial charge in [0.25, 0.3) is 0 Å².